The van der Waals surface area contributed by atoms with Crippen LogP contribution in [0.4, 0.5) is 11.4 Å². The van der Waals surface area contributed by atoms with Crippen molar-refractivity contribution in [2.75, 3.05) is 10.9 Å². The van der Waals surface area contributed by atoms with Gasteiger partial charge in [0, 0.05) is 0 Å². The van der Waals surface area contributed by atoms with Crippen molar-refractivity contribution in [2.45, 2.75) is 79.1 Å². The quantitative estimate of drug-likeness (QED) is 0.575. The molecule has 0 fully saturated rings. The van der Waals surface area contributed by atoms with E-state index in [1.807, 2.05) is 0 Å². The molecule has 0 amide bonds. The first-order valence-electron chi connectivity index (χ1n) is 9.86. The second-order valence-corrected chi connectivity index (χ2v) is 9.14. The molecule has 2 nitrogen and oxygen atoms in total. The van der Waals surface area contributed by atoms with Gasteiger partial charge in [0.2, 0.25) is 0 Å². The van der Waals surface area contributed by atoms with Crippen molar-refractivity contribution in [3.8, 4) is 0 Å². The number of hydrogen-bond acceptors (Lipinski definition) is 2. The second-order valence-electron chi connectivity index (χ2n) is 9.14. The Morgan fingerprint density at radius 2 is 1.00 bits per heavy atom. The Hall–Kier alpha value is -1.96. The highest BCUT2D eigenvalue weighted by molar-refractivity contribution is 5.67. The zero-order valence-electron chi connectivity index (χ0n) is 17.9. The predicted molar refractivity (Wildman–Crippen MR) is 116 cm³/mol. The summed E-state index contributed by atoms with van der Waals surface area (Å²) < 4.78 is 0. The van der Waals surface area contributed by atoms with Crippen LogP contribution in [0.25, 0.3) is 0 Å². The zero-order chi connectivity index (χ0) is 19.5. The number of hydrogen-bond donors (Lipinski definition) is 2. The van der Waals surface area contributed by atoms with Crippen molar-refractivity contribution in [2.24, 2.45) is 0 Å². The Morgan fingerprint density at radius 3 is 1.38 bits per heavy atom. The molecule has 0 saturated heterocycles. The van der Waals surface area contributed by atoms with Crippen LogP contribution in [0.5, 0.6) is 0 Å². The molecule has 26 heavy (non-hydrogen) atoms. The third kappa shape index (κ3) is 4.41. The topological polar surface area (TPSA) is 24.1 Å². The first-order valence-corrected chi connectivity index (χ1v) is 9.86. The number of aryl methyl sites for hydroxylation is 2. The molecule has 2 aromatic rings. The minimum absolute atomic E-state index is 0.0726. The van der Waals surface area contributed by atoms with Gasteiger partial charge in [0.25, 0.3) is 0 Å². The number of para-hydroxylation sites is 2. The molecular weight excluding hydrogens is 316 g/mol. The van der Waals surface area contributed by atoms with E-state index in [9.17, 15) is 0 Å². The van der Waals surface area contributed by atoms with Gasteiger partial charge < -0.3 is 10.9 Å². The maximum atomic E-state index is 3.61. The lowest BCUT2D eigenvalue weighted by Gasteiger charge is -2.31. The van der Waals surface area contributed by atoms with Crippen molar-refractivity contribution in [1.82, 2.24) is 0 Å². The van der Waals surface area contributed by atoms with Crippen LogP contribution in [0.2, 0.25) is 0 Å². The average molecular weight is 353 g/mol. The normalized spacial score (nSPS) is 12.2. The number of hydrazine groups is 1. The largest absolute Gasteiger partial charge is 0.300 e. The van der Waals surface area contributed by atoms with Crippen molar-refractivity contribution in [3.05, 3.63) is 58.7 Å². The number of benzene rings is 2. The van der Waals surface area contributed by atoms with Gasteiger partial charge in [-0.25, -0.2) is 0 Å². The maximum absolute atomic E-state index is 3.61. The molecule has 0 atom stereocenters. The highest BCUT2D eigenvalue weighted by Crippen LogP contribution is 2.38. The Labute approximate surface area is 160 Å². The highest BCUT2D eigenvalue weighted by atomic mass is 15.4. The molecule has 0 aromatic heterocycles. The predicted octanol–water partition coefficient (Wildman–Crippen LogP) is 6.85. The summed E-state index contributed by atoms with van der Waals surface area (Å²) in [6, 6.07) is 13.3. The van der Waals surface area contributed by atoms with Crippen LogP contribution in [0.15, 0.2) is 36.4 Å². The zero-order valence-corrected chi connectivity index (χ0v) is 17.9. The summed E-state index contributed by atoms with van der Waals surface area (Å²) in [5.74, 6) is 0. The van der Waals surface area contributed by atoms with E-state index in [2.05, 4.69) is 103 Å². The summed E-state index contributed by atoms with van der Waals surface area (Å²) in [4.78, 5) is 0. The number of rotatable bonds is 5. The van der Waals surface area contributed by atoms with E-state index >= 15 is 0 Å². The van der Waals surface area contributed by atoms with Gasteiger partial charge in [0.1, 0.15) is 0 Å². The van der Waals surface area contributed by atoms with Crippen LogP contribution in [-0.2, 0) is 23.7 Å². The molecule has 0 heterocycles. The third-order valence-electron chi connectivity index (χ3n) is 4.99. The fourth-order valence-corrected chi connectivity index (χ4v) is 3.47. The smallest absolute Gasteiger partial charge is 0.0614 e. The third-order valence-corrected chi connectivity index (χ3v) is 4.99. The van der Waals surface area contributed by atoms with Gasteiger partial charge in [-0.1, -0.05) is 91.8 Å². The Bertz CT molecular complexity index is 691. The summed E-state index contributed by atoms with van der Waals surface area (Å²) >= 11 is 0. The molecule has 0 radical (unpaired) electrons. The van der Waals surface area contributed by atoms with E-state index in [4.69, 9.17) is 0 Å². The second kappa shape index (κ2) is 7.73. The summed E-state index contributed by atoms with van der Waals surface area (Å²) in [6.45, 7) is 18.1. The van der Waals surface area contributed by atoms with Crippen molar-refractivity contribution < 1.29 is 0 Å². The maximum Gasteiger partial charge on any atom is 0.0614 e. The van der Waals surface area contributed by atoms with Crippen LogP contribution in [0, 0.1) is 0 Å². The molecule has 2 rings (SSSR count). The fraction of sp³-hybridized carbons (Fsp3) is 0.500. The van der Waals surface area contributed by atoms with Gasteiger partial charge in [-0.15, -0.1) is 0 Å². The van der Waals surface area contributed by atoms with Gasteiger partial charge in [0.15, 0.2) is 0 Å². The van der Waals surface area contributed by atoms with Gasteiger partial charge in [-0.05, 0) is 45.9 Å². The number of nitrogens with one attached hydrogen (secondary N) is 2. The van der Waals surface area contributed by atoms with Crippen molar-refractivity contribution >= 4 is 11.4 Å². The molecule has 142 valence electrons. The monoisotopic (exact) mass is 352 g/mol. The molecule has 0 aliphatic heterocycles. The first kappa shape index (κ1) is 20.4. The average Bonchev–Trinajstić information content (AvgIpc) is 2.57. The molecular formula is C24H36N2. The molecule has 0 bridgehead atoms. The van der Waals surface area contributed by atoms with E-state index in [-0.39, 0.29) is 10.8 Å². The number of anilines is 2. The van der Waals surface area contributed by atoms with E-state index in [0.29, 0.717) is 0 Å². The SMILES string of the molecule is CCc1cccc(CC)c1NNc1c(C(C)(C)C)cccc1C(C)(C)C. The van der Waals surface area contributed by atoms with E-state index < -0.39 is 0 Å². The molecule has 2 heteroatoms. The lowest BCUT2D eigenvalue weighted by Crippen LogP contribution is -2.24. The summed E-state index contributed by atoms with van der Waals surface area (Å²) in [7, 11) is 0. The fourth-order valence-electron chi connectivity index (χ4n) is 3.47. The lowest BCUT2D eigenvalue weighted by molar-refractivity contribution is 0.572. The summed E-state index contributed by atoms with van der Waals surface area (Å²) in [5.41, 5.74) is 15.1. The Morgan fingerprint density at radius 1 is 0.615 bits per heavy atom. The molecule has 0 unspecified atom stereocenters. The van der Waals surface area contributed by atoms with Gasteiger partial charge >= 0.3 is 0 Å². The molecule has 0 saturated carbocycles. The lowest BCUT2D eigenvalue weighted by atomic mass is 9.79. The minimum Gasteiger partial charge on any atom is -0.300 e. The van der Waals surface area contributed by atoms with E-state index in [1.54, 1.807) is 0 Å². The summed E-state index contributed by atoms with van der Waals surface area (Å²) in [5, 5.41) is 0. The molecule has 0 spiro atoms. The standard InChI is InChI=1S/C24H36N2/c1-9-17-13-11-14-18(10-2)21(17)25-26-22-19(23(3,4)5)15-12-16-20(22)24(6,7)8/h11-16,25-26H,9-10H2,1-8H3. The van der Waals surface area contributed by atoms with E-state index in [0.717, 1.165) is 12.8 Å². The Balaban J connectivity index is 2.50. The molecule has 2 N–H and O–H groups in total. The van der Waals surface area contributed by atoms with Gasteiger partial charge in [-0.3, -0.25) is 0 Å². The van der Waals surface area contributed by atoms with Crippen molar-refractivity contribution in [1.29, 1.82) is 0 Å². The first-order chi connectivity index (χ1) is 12.1. The van der Waals surface area contributed by atoms with Crippen LogP contribution >= 0.6 is 0 Å². The summed E-state index contributed by atoms with van der Waals surface area (Å²) in [6.07, 6.45) is 2.04. The molecule has 0 aliphatic rings. The highest BCUT2D eigenvalue weighted by Gasteiger charge is 2.25. The molecule has 0 aliphatic carbocycles. The Kier molecular flexibility index (Phi) is 6.05. The molecule has 2 aromatic carbocycles. The van der Waals surface area contributed by atoms with Crippen molar-refractivity contribution in [3.63, 3.8) is 0 Å². The van der Waals surface area contributed by atoms with Gasteiger partial charge in [0.05, 0.1) is 11.4 Å². The van der Waals surface area contributed by atoms with Crippen LogP contribution < -0.4 is 10.9 Å². The van der Waals surface area contributed by atoms with E-state index in [1.165, 1.54) is 33.6 Å². The van der Waals surface area contributed by atoms with Gasteiger partial charge in [-0.2, -0.15) is 0 Å². The van der Waals surface area contributed by atoms with Crippen LogP contribution in [-0.4, -0.2) is 0 Å². The van der Waals surface area contributed by atoms with Crippen LogP contribution in [0.1, 0.15) is 77.6 Å². The minimum atomic E-state index is 0.0726. The van der Waals surface area contributed by atoms with Crippen LogP contribution in [0.3, 0.4) is 0 Å².